The van der Waals surface area contributed by atoms with Crippen LogP contribution in [0.25, 0.3) is 0 Å². The standard InChI is InChI=1S/C16H20F2N2O/c1-2-16(11-19,20-12-7-8-12)9-4-10-21-14-6-3-5-13(17)15(14)18/h3,5-6,12,20H,2,4,7-10H2,1H3. The predicted molar refractivity (Wildman–Crippen MR) is 75.9 cm³/mol. The molecule has 21 heavy (non-hydrogen) atoms. The van der Waals surface area contributed by atoms with E-state index in [1.54, 1.807) is 0 Å². The number of nitriles is 1. The number of nitrogens with zero attached hydrogens (tertiary/aromatic N) is 1. The lowest BCUT2D eigenvalue weighted by Crippen LogP contribution is -2.44. The summed E-state index contributed by atoms with van der Waals surface area (Å²) >= 11 is 0. The summed E-state index contributed by atoms with van der Waals surface area (Å²) in [6.07, 6.45) is 4.20. The summed E-state index contributed by atoms with van der Waals surface area (Å²) < 4.78 is 31.7. The minimum atomic E-state index is -0.962. The van der Waals surface area contributed by atoms with Crippen molar-refractivity contribution in [3.05, 3.63) is 29.8 Å². The first-order valence-electron chi connectivity index (χ1n) is 7.36. The van der Waals surface area contributed by atoms with Crippen LogP contribution in [0.1, 0.15) is 39.0 Å². The van der Waals surface area contributed by atoms with Crippen LogP contribution in [-0.4, -0.2) is 18.2 Å². The van der Waals surface area contributed by atoms with E-state index in [2.05, 4.69) is 11.4 Å². The molecule has 2 rings (SSSR count). The van der Waals surface area contributed by atoms with Crippen molar-refractivity contribution in [1.82, 2.24) is 5.32 Å². The number of halogens is 2. The molecule has 0 spiro atoms. The fraction of sp³-hybridized carbons (Fsp3) is 0.562. The topological polar surface area (TPSA) is 45.0 Å². The van der Waals surface area contributed by atoms with Gasteiger partial charge in [-0.3, -0.25) is 5.32 Å². The fourth-order valence-corrected chi connectivity index (χ4v) is 2.29. The molecule has 1 atom stereocenters. The van der Waals surface area contributed by atoms with Gasteiger partial charge in [-0.1, -0.05) is 13.0 Å². The molecule has 114 valence electrons. The molecule has 1 fully saturated rings. The number of nitrogens with one attached hydrogen (secondary N) is 1. The lowest BCUT2D eigenvalue weighted by Gasteiger charge is -2.26. The summed E-state index contributed by atoms with van der Waals surface area (Å²) in [5.74, 6) is -1.96. The van der Waals surface area contributed by atoms with Gasteiger partial charge in [0.05, 0.1) is 12.7 Å². The second-order valence-corrected chi connectivity index (χ2v) is 5.47. The summed E-state index contributed by atoms with van der Waals surface area (Å²) in [5.41, 5.74) is -0.537. The van der Waals surface area contributed by atoms with Gasteiger partial charge in [0, 0.05) is 6.04 Å². The Kier molecular flexibility index (Phi) is 5.13. The van der Waals surface area contributed by atoms with Gasteiger partial charge in [0.2, 0.25) is 5.82 Å². The maximum Gasteiger partial charge on any atom is 0.200 e. The van der Waals surface area contributed by atoms with E-state index in [1.807, 2.05) is 6.92 Å². The molecular weight excluding hydrogens is 274 g/mol. The van der Waals surface area contributed by atoms with Crippen molar-refractivity contribution in [1.29, 1.82) is 5.26 Å². The van der Waals surface area contributed by atoms with E-state index in [9.17, 15) is 14.0 Å². The molecule has 0 saturated heterocycles. The number of rotatable bonds is 8. The van der Waals surface area contributed by atoms with Crippen LogP contribution in [0.3, 0.4) is 0 Å². The molecule has 0 radical (unpaired) electrons. The second-order valence-electron chi connectivity index (χ2n) is 5.47. The minimum Gasteiger partial charge on any atom is -0.490 e. The van der Waals surface area contributed by atoms with E-state index in [1.165, 1.54) is 12.1 Å². The average Bonchev–Trinajstić information content (AvgIpc) is 3.30. The molecule has 1 saturated carbocycles. The van der Waals surface area contributed by atoms with Crippen molar-refractivity contribution in [2.45, 2.75) is 50.6 Å². The van der Waals surface area contributed by atoms with Gasteiger partial charge in [0.15, 0.2) is 11.6 Å². The number of ether oxygens (including phenoxy) is 1. The number of hydrogen-bond donors (Lipinski definition) is 1. The van der Waals surface area contributed by atoms with Crippen LogP contribution in [0.4, 0.5) is 8.78 Å². The third-order valence-electron chi connectivity index (χ3n) is 3.80. The SMILES string of the molecule is CCC(C#N)(CCCOc1cccc(F)c1F)NC1CC1. The van der Waals surface area contributed by atoms with Crippen molar-refractivity contribution in [3.8, 4) is 11.8 Å². The van der Waals surface area contributed by atoms with Gasteiger partial charge < -0.3 is 4.74 Å². The van der Waals surface area contributed by atoms with E-state index in [-0.39, 0.29) is 12.4 Å². The highest BCUT2D eigenvalue weighted by Crippen LogP contribution is 2.27. The molecule has 0 aliphatic heterocycles. The molecule has 1 aliphatic carbocycles. The molecule has 1 aliphatic rings. The van der Waals surface area contributed by atoms with Crippen molar-refractivity contribution < 1.29 is 13.5 Å². The second kappa shape index (κ2) is 6.86. The highest BCUT2D eigenvalue weighted by molar-refractivity contribution is 5.25. The summed E-state index contributed by atoms with van der Waals surface area (Å²) in [7, 11) is 0. The monoisotopic (exact) mass is 294 g/mol. The van der Waals surface area contributed by atoms with Gasteiger partial charge in [0.1, 0.15) is 5.54 Å². The zero-order valence-electron chi connectivity index (χ0n) is 12.2. The Hall–Kier alpha value is -1.67. The molecule has 1 aromatic carbocycles. The van der Waals surface area contributed by atoms with E-state index in [0.29, 0.717) is 25.3 Å². The van der Waals surface area contributed by atoms with Crippen LogP contribution < -0.4 is 10.1 Å². The van der Waals surface area contributed by atoms with Gasteiger partial charge in [-0.25, -0.2) is 4.39 Å². The van der Waals surface area contributed by atoms with Crippen LogP contribution in [-0.2, 0) is 0 Å². The molecule has 0 amide bonds. The smallest absolute Gasteiger partial charge is 0.200 e. The Labute approximate surface area is 123 Å². The highest BCUT2D eigenvalue weighted by Gasteiger charge is 2.34. The van der Waals surface area contributed by atoms with Crippen molar-refractivity contribution in [2.24, 2.45) is 0 Å². The minimum absolute atomic E-state index is 0.0794. The van der Waals surface area contributed by atoms with E-state index in [0.717, 1.165) is 18.9 Å². The summed E-state index contributed by atoms with van der Waals surface area (Å²) in [4.78, 5) is 0. The van der Waals surface area contributed by atoms with Gasteiger partial charge in [-0.2, -0.15) is 9.65 Å². The molecule has 0 aromatic heterocycles. The zero-order valence-corrected chi connectivity index (χ0v) is 12.2. The summed E-state index contributed by atoms with van der Waals surface area (Å²) in [5, 5.41) is 12.8. The molecule has 3 nitrogen and oxygen atoms in total. The normalized spacial score (nSPS) is 17.0. The molecule has 0 heterocycles. The van der Waals surface area contributed by atoms with Crippen LogP contribution in [0, 0.1) is 23.0 Å². The van der Waals surface area contributed by atoms with Crippen molar-refractivity contribution >= 4 is 0 Å². The third-order valence-corrected chi connectivity index (χ3v) is 3.80. The van der Waals surface area contributed by atoms with Crippen LogP contribution >= 0.6 is 0 Å². The lowest BCUT2D eigenvalue weighted by molar-refractivity contribution is 0.262. The van der Waals surface area contributed by atoms with Crippen LogP contribution in [0.15, 0.2) is 18.2 Å². The van der Waals surface area contributed by atoms with Crippen molar-refractivity contribution in [3.63, 3.8) is 0 Å². The Bertz CT molecular complexity index is 525. The van der Waals surface area contributed by atoms with E-state index < -0.39 is 17.2 Å². The third kappa shape index (κ3) is 4.15. The van der Waals surface area contributed by atoms with Gasteiger partial charge >= 0.3 is 0 Å². The Balaban J connectivity index is 1.82. The molecule has 1 N–H and O–H groups in total. The fourth-order valence-electron chi connectivity index (χ4n) is 2.29. The van der Waals surface area contributed by atoms with Crippen LogP contribution in [0.2, 0.25) is 0 Å². The average molecular weight is 294 g/mol. The summed E-state index contributed by atoms with van der Waals surface area (Å²) in [6, 6.07) is 6.67. The van der Waals surface area contributed by atoms with E-state index >= 15 is 0 Å². The van der Waals surface area contributed by atoms with E-state index in [4.69, 9.17) is 4.74 Å². The quantitative estimate of drug-likeness (QED) is 0.746. The first-order chi connectivity index (χ1) is 10.1. The number of hydrogen-bond acceptors (Lipinski definition) is 3. The Morgan fingerprint density at radius 1 is 1.43 bits per heavy atom. The first-order valence-corrected chi connectivity index (χ1v) is 7.36. The van der Waals surface area contributed by atoms with Crippen LogP contribution in [0.5, 0.6) is 5.75 Å². The Morgan fingerprint density at radius 3 is 2.81 bits per heavy atom. The zero-order chi connectivity index (χ0) is 15.3. The summed E-state index contributed by atoms with van der Waals surface area (Å²) in [6.45, 7) is 2.24. The van der Waals surface area contributed by atoms with Gasteiger partial charge in [-0.05, 0) is 44.2 Å². The molecule has 1 aromatic rings. The van der Waals surface area contributed by atoms with Crippen molar-refractivity contribution in [2.75, 3.05) is 6.61 Å². The Morgan fingerprint density at radius 2 is 2.19 bits per heavy atom. The maximum atomic E-state index is 13.4. The molecule has 0 bridgehead atoms. The molecular formula is C16H20F2N2O. The lowest BCUT2D eigenvalue weighted by atomic mass is 9.92. The van der Waals surface area contributed by atoms with Gasteiger partial charge in [0.25, 0.3) is 0 Å². The predicted octanol–water partition coefficient (Wildman–Crippen LogP) is 3.55. The molecule has 1 unspecified atom stereocenters. The number of benzene rings is 1. The highest BCUT2D eigenvalue weighted by atomic mass is 19.2. The van der Waals surface area contributed by atoms with Gasteiger partial charge in [-0.15, -0.1) is 0 Å². The first kappa shape index (κ1) is 15.7. The largest absolute Gasteiger partial charge is 0.490 e. The maximum absolute atomic E-state index is 13.4. The molecule has 5 heteroatoms.